The number of carbonyl (C=O) groups is 4. The number of carboxylic acid groups (broad SMARTS) is 4. The molecule has 0 amide bonds. The third kappa shape index (κ3) is 12.2. The van der Waals surface area contributed by atoms with Gasteiger partial charge < -0.3 is 30.1 Å². The highest BCUT2D eigenvalue weighted by atomic mass is 16.5. The summed E-state index contributed by atoms with van der Waals surface area (Å²) in [6.45, 7) is 9.12. The number of H-pyrrole nitrogens is 1. The van der Waals surface area contributed by atoms with E-state index in [-0.39, 0.29) is 0 Å². The summed E-state index contributed by atoms with van der Waals surface area (Å²) in [6, 6.07) is 10.2. The Balaban J connectivity index is 0.000000425. The number of nitrogens with zero attached hydrogens (tertiary/aromatic N) is 2. The lowest BCUT2D eigenvalue weighted by Crippen LogP contribution is -2.39. The van der Waals surface area contributed by atoms with Crippen LogP contribution in [0.25, 0.3) is 11.3 Å². The Labute approximate surface area is 202 Å². The first kappa shape index (κ1) is 29.1. The standard InChI is InChI=1S/C19H27N3O.2C2H2O4/c1-15-12-16(2)14-22(13-15)10-3-11-23-18-6-4-17(5-7-18)19-8-9-20-21-19;2*3-1(4)2(5)6/h4-9,15-16H,3,10-14H2,1-2H3,(H,20,21);2*(H,3,4)(H,5,6)/t15-,16-;;/m1../s1. The molecule has 2 heterocycles. The number of aliphatic carboxylic acids is 4. The molecular weight excluding hydrogens is 462 g/mol. The van der Waals surface area contributed by atoms with E-state index in [1.54, 1.807) is 6.20 Å². The summed E-state index contributed by atoms with van der Waals surface area (Å²) in [4.78, 5) is 39.0. The van der Waals surface area contributed by atoms with E-state index in [2.05, 4.69) is 41.1 Å². The van der Waals surface area contributed by atoms with Crippen LogP contribution >= 0.6 is 0 Å². The first-order valence-corrected chi connectivity index (χ1v) is 10.9. The maximum Gasteiger partial charge on any atom is 0.414 e. The molecule has 1 saturated heterocycles. The second-order valence-electron chi connectivity index (χ2n) is 8.12. The minimum absolute atomic E-state index is 0.780. The zero-order valence-electron chi connectivity index (χ0n) is 19.6. The minimum Gasteiger partial charge on any atom is -0.494 e. The van der Waals surface area contributed by atoms with Gasteiger partial charge >= 0.3 is 23.9 Å². The number of aromatic nitrogens is 2. The van der Waals surface area contributed by atoms with Crippen molar-refractivity contribution in [1.82, 2.24) is 15.1 Å². The normalized spacial score (nSPS) is 17.1. The highest BCUT2D eigenvalue weighted by Gasteiger charge is 2.21. The molecule has 0 radical (unpaired) electrons. The molecule has 0 unspecified atom stereocenters. The van der Waals surface area contributed by atoms with Gasteiger partial charge in [-0.1, -0.05) is 13.8 Å². The van der Waals surface area contributed by atoms with Gasteiger partial charge in [0.15, 0.2) is 0 Å². The predicted octanol–water partition coefficient (Wildman–Crippen LogP) is 2.13. The molecule has 0 bridgehead atoms. The van der Waals surface area contributed by atoms with Gasteiger partial charge in [-0.2, -0.15) is 5.10 Å². The van der Waals surface area contributed by atoms with Crippen LogP contribution in [0.3, 0.4) is 0 Å². The third-order valence-corrected chi connectivity index (χ3v) is 4.86. The fraction of sp³-hybridized carbons (Fsp3) is 0.435. The molecule has 1 aliphatic rings. The SMILES string of the molecule is C[C@@H]1C[C@@H](C)CN(CCCOc2ccc(-c3ccn[nH]3)cc2)C1.O=C(O)C(=O)O.O=C(O)C(=O)O. The van der Waals surface area contributed by atoms with Crippen LogP contribution in [0.15, 0.2) is 36.5 Å². The summed E-state index contributed by atoms with van der Waals surface area (Å²) in [5.74, 6) is -4.70. The number of rotatable bonds is 6. The Bertz CT molecular complexity index is 888. The van der Waals surface area contributed by atoms with Crippen LogP contribution in [-0.2, 0) is 19.2 Å². The molecule has 35 heavy (non-hydrogen) atoms. The highest BCUT2D eigenvalue weighted by molar-refractivity contribution is 6.27. The van der Waals surface area contributed by atoms with E-state index >= 15 is 0 Å². The third-order valence-electron chi connectivity index (χ3n) is 4.86. The molecule has 2 aromatic rings. The molecule has 1 aliphatic heterocycles. The van der Waals surface area contributed by atoms with Crippen LogP contribution in [0.1, 0.15) is 26.7 Å². The van der Waals surface area contributed by atoms with Gasteiger partial charge in [0.1, 0.15) is 5.75 Å². The Morgan fingerprint density at radius 3 is 1.86 bits per heavy atom. The lowest BCUT2D eigenvalue weighted by atomic mass is 9.92. The fourth-order valence-corrected chi connectivity index (χ4v) is 3.60. The van der Waals surface area contributed by atoms with Crippen molar-refractivity contribution in [2.75, 3.05) is 26.2 Å². The molecule has 3 rings (SSSR count). The average molecular weight is 494 g/mol. The maximum absolute atomic E-state index is 9.10. The van der Waals surface area contributed by atoms with Crippen LogP contribution in [-0.4, -0.2) is 85.6 Å². The predicted molar refractivity (Wildman–Crippen MR) is 124 cm³/mol. The molecule has 1 fully saturated rings. The Morgan fingerprint density at radius 1 is 0.914 bits per heavy atom. The summed E-state index contributed by atoms with van der Waals surface area (Å²) < 4.78 is 5.87. The summed E-state index contributed by atoms with van der Waals surface area (Å²) in [5, 5.41) is 36.5. The highest BCUT2D eigenvalue weighted by Crippen LogP contribution is 2.22. The Morgan fingerprint density at radius 2 is 1.43 bits per heavy atom. The van der Waals surface area contributed by atoms with Gasteiger partial charge in [-0.3, -0.25) is 5.10 Å². The molecular formula is C23H31N3O9. The molecule has 1 aromatic carbocycles. The minimum atomic E-state index is -1.82. The van der Waals surface area contributed by atoms with Gasteiger partial charge in [0, 0.05) is 25.8 Å². The van der Waals surface area contributed by atoms with Gasteiger partial charge in [-0.25, -0.2) is 19.2 Å². The average Bonchev–Trinajstić information content (AvgIpc) is 3.32. The number of benzene rings is 1. The number of carboxylic acids is 4. The van der Waals surface area contributed by atoms with Crippen LogP contribution in [0.4, 0.5) is 0 Å². The van der Waals surface area contributed by atoms with Crippen molar-refractivity contribution >= 4 is 23.9 Å². The van der Waals surface area contributed by atoms with E-state index in [1.807, 2.05) is 18.2 Å². The summed E-state index contributed by atoms with van der Waals surface area (Å²) in [5.41, 5.74) is 2.16. The van der Waals surface area contributed by atoms with Gasteiger partial charge in [0.25, 0.3) is 0 Å². The van der Waals surface area contributed by atoms with Crippen molar-refractivity contribution in [3.8, 4) is 17.0 Å². The quantitative estimate of drug-likeness (QED) is 0.293. The van der Waals surface area contributed by atoms with Crippen LogP contribution in [0, 0.1) is 11.8 Å². The molecule has 5 N–H and O–H groups in total. The van der Waals surface area contributed by atoms with E-state index in [0.29, 0.717) is 0 Å². The number of ether oxygens (including phenoxy) is 1. The number of piperidine rings is 1. The summed E-state index contributed by atoms with van der Waals surface area (Å²) in [7, 11) is 0. The smallest absolute Gasteiger partial charge is 0.414 e. The molecule has 0 saturated carbocycles. The van der Waals surface area contributed by atoms with Crippen molar-refractivity contribution < 1.29 is 44.3 Å². The number of aromatic amines is 1. The zero-order valence-corrected chi connectivity index (χ0v) is 19.6. The first-order chi connectivity index (χ1) is 16.5. The molecule has 0 spiro atoms. The van der Waals surface area contributed by atoms with Crippen molar-refractivity contribution in [2.24, 2.45) is 11.8 Å². The van der Waals surface area contributed by atoms with Crippen molar-refractivity contribution in [2.45, 2.75) is 26.7 Å². The Hall–Kier alpha value is -3.93. The monoisotopic (exact) mass is 493 g/mol. The van der Waals surface area contributed by atoms with Gasteiger partial charge in [0.2, 0.25) is 0 Å². The molecule has 1 aromatic heterocycles. The number of hydrogen-bond acceptors (Lipinski definition) is 7. The van der Waals surface area contributed by atoms with E-state index in [9.17, 15) is 0 Å². The molecule has 0 aliphatic carbocycles. The van der Waals surface area contributed by atoms with Crippen LogP contribution < -0.4 is 4.74 Å². The van der Waals surface area contributed by atoms with Crippen LogP contribution in [0.5, 0.6) is 5.75 Å². The molecule has 12 heteroatoms. The zero-order chi connectivity index (χ0) is 26.4. The fourth-order valence-electron chi connectivity index (χ4n) is 3.60. The van der Waals surface area contributed by atoms with Gasteiger partial charge in [0.05, 0.1) is 12.3 Å². The molecule has 12 nitrogen and oxygen atoms in total. The molecule has 2 atom stereocenters. The number of hydrogen-bond donors (Lipinski definition) is 5. The van der Waals surface area contributed by atoms with E-state index in [0.717, 1.165) is 48.4 Å². The lowest BCUT2D eigenvalue weighted by Gasteiger charge is -2.34. The van der Waals surface area contributed by atoms with E-state index in [4.69, 9.17) is 44.3 Å². The second kappa shape index (κ2) is 15.1. The van der Waals surface area contributed by atoms with Crippen molar-refractivity contribution in [3.05, 3.63) is 36.5 Å². The summed E-state index contributed by atoms with van der Waals surface area (Å²) in [6.07, 6.45) is 4.22. The lowest BCUT2D eigenvalue weighted by molar-refractivity contribution is -0.159. The van der Waals surface area contributed by atoms with E-state index < -0.39 is 23.9 Å². The van der Waals surface area contributed by atoms with Crippen molar-refractivity contribution in [3.63, 3.8) is 0 Å². The van der Waals surface area contributed by atoms with Crippen LogP contribution in [0.2, 0.25) is 0 Å². The number of likely N-dealkylation sites (tertiary alicyclic amines) is 1. The number of nitrogens with one attached hydrogen (secondary N) is 1. The topological polar surface area (TPSA) is 190 Å². The largest absolute Gasteiger partial charge is 0.494 e. The first-order valence-electron chi connectivity index (χ1n) is 10.9. The van der Waals surface area contributed by atoms with Gasteiger partial charge in [-0.15, -0.1) is 0 Å². The Kier molecular flexibility index (Phi) is 12.5. The van der Waals surface area contributed by atoms with Crippen molar-refractivity contribution in [1.29, 1.82) is 0 Å². The van der Waals surface area contributed by atoms with E-state index in [1.165, 1.54) is 19.5 Å². The second-order valence-corrected chi connectivity index (χ2v) is 8.12. The summed E-state index contributed by atoms with van der Waals surface area (Å²) >= 11 is 0. The maximum atomic E-state index is 9.10. The molecule has 192 valence electrons. The van der Waals surface area contributed by atoms with Gasteiger partial charge in [-0.05, 0) is 60.6 Å².